The molecule has 152 valence electrons. The third-order valence-electron chi connectivity index (χ3n) is 4.96. The zero-order chi connectivity index (χ0) is 21.3. The molecule has 0 saturated heterocycles. The molecule has 0 aliphatic carbocycles. The normalized spacial score (nSPS) is 16.1. The highest BCUT2D eigenvalue weighted by atomic mass is 32.1. The zero-order valence-corrected chi connectivity index (χ0v) is 17.6. The molecule has 1 aliphatic rings. The molecule has 0 N–H and O–H groups in total. The number of aromatic nitrogens is 1. The number of benzene rings is 2. The molecule has 6 nitrogen and oxygen atoms in total. The quantitative estimate of drug-likeness (QED) is 0.608. The predicted molar refractivity (Wildman–Crippen MR) is 115 cm³/mol. The third-order valence-corrected chi connectivity index (χ3v) is 5.94. The molecule has 1 atom stereocenters. The highest BCUT2D eigenvalue weighted by Crippen LogP contribution is 2.30. The van der Waals surface area contributed by atoms with Gasteiger partial charge >= 0.3 is 5.97 Å². The maximum atomic E-state index is 13.4. The van der Waals surface area contributed by atoms with Crippen LogP contribution in [0.25, 0.3) is 6.08 Å². The Morgan fingerprint density at radius 2 is 1.80 bits per heavy atom. The summed E-state index contributed by atoms with van der Waals surface area (Å²) in [5, 5.41) is 0. The Hall–Kier alpha value is -3.45. The van der Waals surface area contributed by atoms with E-state index in [1.807, 2.05) is 60.7 Å². The summed E-state index contributed by atoms with van der Waals surface area (Å²) in [6.45, 7) is 1.77. The second kappa shape index (κ2) is 8.12. The van der Waals surface area contributed by atoms with Crippen molar-refractivity contribution in [2.75, 3.05) is 14.2 Å². The second-order valence-electron chi connectivity index (χ2n) is 6.76. The minimum atomic E-state index is -0.590. The number of carbonyl (C=O) groups excluding carboxylic acids is 1. The molecule has 0 saturated carbocycles. The number of esters is 1. The van der Waals surface area contributed by atoms with Gasteiger partial charge in [0.15, 0.2) is 4.80 Å². The van der Waals surface area contributed by atoms with Gasteiger partial charge in [-0.1, -0.05) is 53.8 Å². The number of fused-ring (bicyclic) bond motifs is 1. The predicted octanol–water partition coefficient (Wildman–Crippen LogP) is 2.42. The van der Waals surface area contributed by atoms with Gasteiger partial charge in [-0.05, 0) is 36.3 Å². The van der Waals surface area contributed by atoms with E-state index in [1.165, 1.54) is 18.4 Å². The van der Waals surface area contributed by atoms with E-state index in [0.29, 0.717) is 20.6 Å². The van der Waals surface area contributed by atoms with E-state index in [2.05, 4.69) is 4.99 Å². The third kappa shape index (κ3) is 3.48. The van der Waals surface area contributed by atoms with Crippen molar-refractivity contribution in [1.82, 2.24) is 4.57 Å². The maximum absolute atomic E-state index is 13.4. The van der Waals surface area contributed by atoms with Crippen LogP contribution < -0.4 is 19.6 Å². The van der Waals surface area contributed by atoms with Crippen LogP contribution >= 0.6 is 11.3 Å². The van der Waals surface area contributed by atoms with Crippen LogP contribution in [0.4, 0.5) is 0 Å². The van der Waals surface area contributed by atoms with Gasteiger partial charge in [-0.15, -0.1) is 0 Å². The molecule has 0 radical (unpaired) electrons. The van der Waals surface area contributed by atoms with Gasteiger partial charge < -0.3 is 9.47 Å². The van der Waals surface area contributed by atoms with Crippen LogP contribution in [-0.2, 0) is 9.53 Å². The first-order valence-corrected chi connectivity index (χ1v) is 10.1. The second-order valence-corrected chi connectivity index (χ2v) is 7.77. The molecule has 0 unspecified atom stereocenters. The van der Waals surface area contributed by atoms with Crippen molar-refractivity contribution in [1.29, 1.82) is 0 Å². The summed E-state index contributed by atoms with van der Waals surface area (Å²) in [5.74, 6) is 0.255. The molecule has 0 bridgehead atoms. The van der Waals surface area contributed by atoms with Crippen LogP contribution in [0.15, 0.2) is 75.7 Å². The van der Waals surface area contributed by atoms with E-state index in [-0.39, 0.29) is 5.56 Å². The van der Waals surface area contributed by atoms with Crippen molar-refractivity contribution >= 4 is 23.4 Å². The topological polar surface area (TPSA) is 69.9 Å². The average molecular weight is 420 g/mol. The van der Waals surface area contributed by atoms with Crippen molar-refractivity contribution in [2.24, 2.45) is 4.99 Å². The van der Waals surface area contributed by atoms with Crippen LogP contribution in [0.5, 0.6) is 5.75 Å². The maximum Gasteiger partial charge on any atom is 0.338 e. The van der Waals surface area contributed by atoms with Crippen molar-refractivity contribution in [2.45, 2.75) is 13.0 Å². The lowest BCUT2D eigenvalue weighted by molar-refractivity contribution is -0.136. The molecule has 0 spiro atoms. The SMILES string of the molecule is COC(=O)C1=C(C)N=c2s/c(=C\c3ccc(OC)cc3)c(=O)n2[C@H]1c1ccccc1. The molecule has 0 fully saturated rings. The van der Waals surface area contributed by atoms with Crippen LogP contribution in [0.3, 0.4) is 0 Å². The molecular formula is C23H20N2O4S. The molecule has 4 rings (SSSR count). The van der Waals surface area contributed by atoms with Crippen molar-refractivity contribution < 1.29 is 14.3 Å². The highest BCUT2D eigenvalue weighted by molar-refractivity contribution is 7.07. The summed E-state index contributed by atoms with van der Waals surface area (Å²) in [6, 6.07) is 16.3. The molecule has 1 aromatic heterocycles. The lowest BCUT2D eigenvalue weighted by Crippen LogP contribution is -2.39. The van der Waals surface area contributed by atoms with Crippen molar-refractivity contribution in [3.8, 4) is 5.75 Å². The number of allylic oxidation sites excluding steroid dienone is 1. The summed E-state index contributed by atoms with van der Waals surface area (Å²) in [4.78, 5) is 31.0. The fourth-order valence-electron chi connectivity index (χ4n) is 3.49. The minimum Gasteiger partial charge on any atom is -0.497 e. The van der Waals surface area contributed by atoms with E-state index in [1.54, 1.807) is 18.6 Å². The largest absolute Gasteiger partial charge is 0.497 e. The van der Waals surface area contributed by atoms with Gasteiger partial charge in [0.2, 0.25) is 0 Å². The van der Waals surface area contributed by atoms with E-state index >= 15 is 0 Å². The number of ether oxygens (including phenoxy) is 2. The Morgan fingerprint density at radius 1 is 1.10 bits per heavy atom. The van der Waals surface area contributed by atoms with Gasteiger partial charge in [0.25, 0.3) is 5.56 Å². The van der Waals surface area contributed by atoms with E-state index in [9.17, 15) is 9.59 Å². The Labute approximate surface area is 177 Å². The summed E-state index contributed by atoms with van der Waals surface area (Å²) >= 11 is 1.30. The first-order valence-electron chi connectivity index (χ1n) is 9.33. The van der Waals surface area contributed by atoms with Gasteiger partial charge in [0, 0.05) is 0 Å². The number of hydrogen-bond acceptors (Lipinski definition) is 6. The van der Waals surface area contributed by atoms with Gasteiger partial charge in [0.05, 0.1) is 36.1 Å². The number of methoxy groups -OCH3 is 2. The van der Waals surface area contributed by atoms with Gasteiger partial charge in [0.1, 0.15) is 5.75 Å². The number of nitrogens with zero attached hydrogens (tertiary/aromatic N) is 2. The van der Waals surface area contributed by atoms with Gasteiger partial charge in [-0.2, -0.15) is 0 Å². The lowest BCUT2D eigenvalue weighted by Gasteiger charge is -2.24. The molecule has 2 aromatic carbocycles. The highest BCUT2D eigenvalue weighted by Gasteiger charge is 2.32. The average Bonchev–Trinajstić information content (AvgIpc) is 3.08. The van der Waals surface area contributed by atoms with Crippen molar-refractivity contribution in [3.63, 3.8) is 0 Å². The molecule has 0 amide bonds. The summed E-state index contributed by atoms with van der Waals surface area (Å²) in [5.41, 5.74) is 2.42. The minimum absolute atomic E-state index is 0.197. The standard InChI is InChI=1S/C23H20N2O4S/c1-14-19(22(27)29-3)20(16-7-5-4-6-8-16)25-21(26)18(30-23(25)24-14)13-15-9-11-17(28-2)12-10-15/h4-13,20H,1-3H3/b18-13-/t20-/m0/s1. The first kappa shape index (κ1) is 19.8. The van der Waals surface area contributed by atoms with E-state index in [4.69, 9.17) is 9.47 Å². The van der Waals surface area contributed by atoms with Gasteiger partial charge in [-0.25, -0.2) is 9.79 Å². The Balaban J connectivity index is 1.93. The first-order chi connectivity index (χ1) is 14.5. The molecule has 2 heterocycles. The Bertz CT molecular complexity index is 1300. The lowest BCUT2D eigenvalue weighted by atomic mass is 9.96. The smallest absolute Gasteiger partial charge is 0.338 e. The Kier molecular flexibility index (Phi) is 5.37. The van der Waals surface area contributed by atoms with Crippen LogP contribution in [-0.4, -0.2) is 24.8 Å². The summed E-state index contributed by atoms with van der Waals surface area (Å²) < 4.78 is 12.3. The van der Waals surface area contributed by atoms with Gasteiger partial charge in [-0.3, -0.25) is 9.36 Å². The summed E-state index contributed by atoms with van der Waals surface area (Å²) in [7, 11) is 2.94. The number of hydrogen-bond donors (Lipinski definition) is 0. The van der Waals surface area contributed by atoms with E-state index in [0.717, 1.165) is 16.9 Å². The van der Waals surface area contributed by atoms with E-state index < -0.39 is 12.0 Å². The molecule has 1 aliphatic heterocycles. The summed E-state index contributed by atoms with van der Waals surface area (Å²) in [6.07, 6.45) is 1.82. The number of thiazole rings is 1. The number of rotatable bonds is 4. The zero-order valence-electron chi connectivity index (χ0n) is 16.8. The molecule has 7 heteroatoms. The molecule has 30 heavy (non-hydrogen) atoms. The van der Waals surface area contributed by atoms with Crippen molar-refractivity contribution in [3.05, 3.63) is 96.7 Å². The number of carbonyl (C=O) groups is 1. The van der Waals surface area contributed by atoms with Crippen LogP contribution in [0, 0.1) is 0 Å². The Morgan fingerprint density at radius 3 is 2.43 bits per heavy atom. The fraction of sp³-hybridized carbons (Fsp3) is 0.174. The molecule has 3 aromatic rings. The monoisotopic (exact) mass is 420 g/mol. The van der Waals surface area contributed by atoms with Crippen LogP contribution in [0.1, 0.15) is 24.1 Å². The van der Waals surface area contributed by atoms with Crippen LogP contribution in [0.2, 0.25) is 0 Å². The fourth-order valence-corrected chi connectivity index (χ4v) is 4.54. The molecular weight excluding hydrogens is 400 g/mol.